The summed E-state index contributed by atoms with van der Waals surface area (Å²) >= 11 is 0. The molecule has 1 radical (unpaired) electrons. The van der Waals surface area contributed by atoms with Crippen LogP contribution >= 0.6 is 0 Å². The molecule has 6 amide bonds. The zero-order valence-electron chi connectivity index (χ0n) is 50.9. The zero-order valence-corrected chi connectivity index (χ0v) is 52.3. The van der Waals surface area contributed by atoms with Gasteiger partial charge in [0.25, 0.3) is 0 Å². The van der Waals surface area contributed by atoms with Crippen molar-refractivity contribution in [1.82, 2.24) is 47.9 Å². The van der Waals surface area contributed by atoms with Crippen molar-refractivity contribution in [3.8, 4) is 0 Å². The Hall–Kier alpha value is -3.65. The fraction of sp³-hybridized carbons (Fsp3) is 0.868. The Labute approximate surface area is 514 Å². The molecule has 2 unspecified atom stereocenters. The van der Waals surface area contributed by atoms with Crippen molar-refractivity contribution >= 4 is 41.2 Å². The number of Topliss-reactive ketones (excluding diaryl/α,β-unsaturated/α-hetero) is 1. The number of amides is 6. The fourth-order valence-corrected chi connectivity index (χ4v) is 6.24. The summed E-state index contributed by atoms with van der Waals surface area (Å²) in [7, 11) is 5.52. The summed E-state index contributed by atoms with van der Waals surface area (Å²) in [6, 6.07) is -2.41. The number of ketones is 1. The van der Waals surface area contributed by atoms with E-state index in [0.717, 1.165) is 19.6 Å². The molecule has 2 atom stereocenters. The Kier molecular flexibility index (Phi) is 65.1. The summed E-state index contributed by atoms with van der Waals surface area (Å²) in [6.45, 7) is 12.1. The number of hydrogen-bond donors (Lipinski definition) is 9. The van der Waals surface area contributed by atoms with Crippen molar-refractivity contribution in [3.05, 3.63) is 0 Å². The van der Waals surface area contributed by atoms with E-state index in [0.29, 0.717) is 119 Å². The van der Waals surface area contributed by atoms with Gasteiger partial charge in [-0.2, -0.15) is 0 Å². The minimum absolute atomic E-state index is 0. The van der Waals surface area contributed by atoms with Crippen LogP contribution in [0.1, 0.15) is 26.2 Å². The van der Waals surface area contributed by atoms with Crippen LogP contribution in [-0.4, -0.2) is 318 Å². The van der Waals surface area contributed by atoms with E-state index < -0.39 is 60.7 Å². The van der Waals surface area contributed by atoms with Crippen LogP contribution in [0.2, 0.25) is 0 Å². The first-order valence-electron chi connectivity index (χ1n) is 28.8. The molecule has 85 heavy (non-hydrogen) atoms. The van der Waals surface area contributed by atoms with E-state index in [1.54, 1.807) is 0 Å². The minimum atomic E-state index is -1.22. The molecule has 0 aromatic heterocycles. The van der Waals surface area contributed by atoms with Crippen molar-refractivity contribution in [1.29, 1.82) is 0 Å². The van der Waals surface area contributed by atoms with Crippen molar-refractivity contribution in [3.63, 3.8) is 0 Å². The van der Waals surface area contributed by atoms with Gasteiger partial charge in [0.2, 0.25) is 35.4 Å². The third kappa shape index (κ3) is 61.8. The molecule has 0 spiro atoms. The molecule has 0 aromatic carbocycles. The first-order chi connectivity index (χ1) is 41.0. The number of nitrogens with one attached hydrogen (secondary N) is 9. The van der Waals surface area contributed by atoms with Crippen LogP contribution < -0.4 is 47.9 Å². The molecule has 0 aliphatic carbocycles. The van der Waals surface area contributed by atoms with Gasteiger partial charge >= 0.3 is 0 Å². The van der Waals surface area contributed by atoms with E-state index in [2.05, 4.69) is 47.9 Å². The Morgan fingerprint density at radius 1 is 0.282 bits per heavy atom. The minimum Gasteiger partial charge on any atom is -0.379 e. The first kappa shape index (κ1) is 83.4. The summed E-state index contributed by atoms with van der Waals surface area (Å²) in [4.78, 5) is 88.4. The molecule has 497 valence electrons. The Bertz CT molecular complexity index is 1610. The quantitative estimate of drug-likeness (QED) is 0.0258. The molecule has 0 fully saturated rings. The van der Waals surface area contributed by atoms with Gasteiger partial charge in [-0.3, -0.25) is 33.6 Å². The molecular weight excluding hydrogens is 1170 g/mol. The largest absolute Gasteiger partial charge is 0.379 e. The number of hydrogen-bond acceptors (Lipinski definition) is 25. The van der Waals surface area contributed by atoms with Crippen LogP contribution in [0, 0.1) is 0 Å². The van der Waals surface area contributed by atoms with Gasteiger partial charge in [-0.15, -0.1) is 0 Å². The summed E-state index contributed by atoms with van der Waals surface area (Å²) in [6.07, 6.45) is -0.335. The summed E-state index contributed by atoms with van der Waals surface area (Å²) in [5, 5.41) is 24.8. The Balaban J connectivity index is 0. The summed E-state index contributed by atoms with van der Waals surface area (Å²) in [5.41, 5.74) is 0. The Morgan fingerprint density at radius 2 is 0.506 bits per heavy atom. The second kappa shape index (κ2) is 66.3. The smallest absolute Gasteiger partial charge is 0.246 e. The van der Waals surface area contributed by atoms with Gasteiger partial charge < -0.3 is 119 Å². The number of likely N-dealkylation sites (N-methyl/N-ethyl adjacent to an activating group) is 3. The zero-order chi connectivity index (χ0) is 61.5. The predicted octanol–water partition coefficient (Wildman–Crippen LogP) is -4.92. The number of carbonyl (C=O) groups is 7. The molecule has 0 saturated carbocycles. The molecule has 31 nitrogen and oxygen atoms in total. The van der Waals surface area contributed by atoms with Crippen LogP contribution in [0.15, 0.2) is 0 Å². The third-order valence-corrected chi connectivity index (χ3v) is 10.6. The SMILES string of the molecule is CNCCOCCOCCNC(=O)CC(NC(=O)COCCOCCOCCOCC(=O)NC(CC(=O)NCCOCCOCCOCCNC)C(=O)NCCOCCOCCOCCC(C)=O)C(=O)NCCOCCOCCOCCNC.[V]. The average molecular weight is 1270 g/mol. The molecule has 0 aromatic rings. The molecule has 9 N–H and O–H groups in total. The molecule has 0 aliphatic heterocycles. The second-order valence-corrected chi connectivity index (χ2v) is 17.8. The second-order valence-electron chi connectivity index (χ2n) is 17.8. The maximum absolute atomic E-state index is 13.1. The van der Waals surface area contributed by atoms with Gasteiger partial charge in [0.15, 0.2) is 0 Å². The maximum Gasteiger partial charge on any atom is 0.246 e. The van der Waals surface area contributed by atoms with E-state index in [1.807, 2.05) is 21.1 Å². The molecule has 0 heterocycles. The van der Waals surface area contributed by atoms with Crippen LogP contribution in [0.5, 0.6) is 0 Å². The normalized spacial score (nSPS) is 11.8. The number of ether oxygens (including phenoxy) is 15. The van der Waals surface area contributed by atoms with Crippen molar-refractivity contribution in [2.45, 2.75) is 38.3 Å². The van der Waals surface area contributed by atoms with Crippen LogP contribution in [0.25, 0.3) is 0 Å². The van der Waals surface area contributed by atoms with Gasteiger partial charge in [0.1, 0.15) is 31.1 Å². The van der Waals surface area contributed by atoms with E-state index >= 15 is 0 Å². The third-order valence-electron chi connectivity index (χ3n) is 10.6. The van der Waals surface area contributed by atoms with E-state index in [9.17, 15) is 33.6 Å². The maximum atomic E-state index is 13.1. The number of carbonyl (C=O) groups excluding carboxylic acids is 7. The van der Waals surface area contributed by atoms with Crippen molar-refractivity contribution in [2.75, 3.05) is 265 Å². The number of rotatable bonds is 66. The summed E-state index contributed by atoms with van der Waals surface area (Å²) < 4.78 is 81.6. The van der Waals surface area contributed by atoms with E-state index in [1.165, 1.54) is 6.92 Å². The van der Waals surface area contributed by atoms with Crippen LogP contribution in [-0.2, 0) is 123 Å². The van der Waals surface area contributed by atoms with Gasteiger partial charge in [0, 0.05) is 70.8 Å². The van der Waals surface area contributed by atoms with Crippen LogP contribution in [0.4, 0.5) is 0 Å². The van der Waals surface area contributed by atoms with Gasteiger partial charge in [-0.25, -0.2) is 0 Å². The molecule has 0 bridgehead atoms. The predicted molar refractivity (Wildman–Crippen MR) is 304 cm³/mol. The van der Waals surface area contributed by atoms with Crippen molar-refractivity contribution < 1.29 is 123 Å². The van der Waals surface area contributed by atoms with Crippen LogP contribution in [0.3, 0.4) is 0 Å². The fourth-order valence-electron chi connectivity index (χ4n) is 6.24. The first-order valence-corrected chi connectivity index (χ1v) is 28.8. The molecular formula is C53H103N9O22V. The van der Waals surface area contributed by atoms with Gasteiger partial charge in [-0.05, 0) is 28.1 Å². The summed E-state index contributed by atoms with van der Waals surface area (Å²) in [5.74, 6) is -3.34. The van der Waals surface area contributed by atoms with E-state index in [4.69, 9.17) is 71.1 Å². The van der Waals surface area contributed by atoms with Gasteiger partial charge in [-0.1, -0.05) is 0 Å². The standard InChI is InChI=1S/C53H103N9O22.V/c1-45(63)5-13-70-21-29-78-33-27-76-19-11-59-53(69)47(42-49(65)58-10-18-75-26-32-79-30-24-72-15-7-55-3)62-51(67)44-84-40-38-82-36-35-81-37-39-83-43-50(66)61-46(41-48(64)57-9-17-74-23-22-71-14-6-54-2)52(68)60-12-20-77-28-34-80-31-25-73-16-8-56-4;/h46-47,54-56H,5-44H2,1-4H3,(H,57,64)(H,58,65)(H,59,69)(H,60,68)(H,61,66)(H,62,67);. The monoisotopic (exact) mass is 1270 g/mol. The topological polar surface area (TPSA) is 366 Å². The average Bonchev–Trinajstić information content (AvgIpc) is 3.60. The van der Waals surface area contributed by atoms with E-state index in [-0.39, 0.29) is 136 Å². The molecule has 0 rings (SSSR count). The molecule has 32 heteroatoms. The molecule has 0 aliphatic rings. The Morgan fingerprint density at radius 3 is 0.765 bits per heavy atom. The van der Waals surface area contributed by atoms with Gasteiger partial charge in [0.05, 0.1) is 198 Å². The molecule has 0 saturated heterocycles. The van der Waals surface area contributed by atoms with Crippen molar-refractivity contribution in [2.24, 2.45) is 0 Å².